The zero-order valence-corrected chi connectivity index (χ0v) is 18.3. The Kier molecular flexibility index (Phi) is 6.59. The Morgan fingerprint density at radius 1 is 1.17 bits per heavy atom. The van der Waals surface area contributed by atoms with Crippen molar-refractivity contribution >= 4 is 34.3 Å². The Balaban J connectivity index is 1.16. The van der Waals surface area contributed by atoms with Crippen molar-refractivity contribution in [2.45, 2.75) is 13.3 Å². The first-order valence-electron chi connectivity index (χ1n) is 10.0. The molecule has 29 heavy (non-hydrogen) atoms. The molecule has 3 heterocycles. The highest BCUT2D eigenvalue weighted by Gasteiger charge is 2.17. The monoisotopic (exact) mass is 426 g/mol. The molecule has 152 valence electrons. The Hall–Kier alpha value is -2.22. The topological polar surface area (TPSA) is 48.5 Å². The van der Waals surface area contributed by atoms with Crippen LogP contribution in [0.3, 0.4) is 0 Å². The number of hydrogen-bond acceptors (Lipinski definition) is 6. The van der Waals surface area contributed by atoms with Crippen molar-refractivity contribution in [2.75, 3.05) is 44.2 Å². The number of nitrogens with zero attached hydrogens (tertiary/aromatic N) is 3. The van der Waals surface area contributed by atoms with Gasteiger partial charge in [-0.05, 0) is 49.0 Å². The number of thiazole rings is 1. The second kappa shape index (κ2) is 9.52. The summed E-state index contributed by atoms with van der Waals surface area (Å²) in [6.45, 7) is 8.11. The molecule has 7 heteroatoms. The van der Waals surface area contributed by atoms with E-state index >= 15 is 0 Å². The summed E-state index contributed by atoms with van der Waals surface area (Å²) in [6.07, 6.45) is 2.65. The van der Waals surface area contributed by atoms with Gasteiger partial charge in [0.05, 0.1) is 11.1 Å². The molecule has 1 saturated heterocycles. The van der Waals surface area contributed by atoms with Crippen molar-refractivity contribution in [3.63, 3.8) is 0 Å². The number of benzene rings is 1. The molecule has 3 aromatic rings. The van der Waals surface area contributed by atoms with E-state index in [1.807, 2.05) is 17.5 Å². The van der Waals surface area contributed by atoms with Gasteiger partial charge < -0.3 is 10.2 Å². The van der Waals surface area contributed by atoms with Crippen LogP contribution in [0.5, 0.6) is 0 Å². The molecule has 5 nitrogen and oxygen atoms in total. The van der Waals surface area contributed by atoms with Gasteiger partial charge in [-0.25, -0.2) is 4.98 Å². The van der Waals surface area contributed by atoms with Gasteiger partial charge in [0.2, 0.25) is 0 Å². The molecule has 1 aliphatic rings. The van der Waals surface area contributed by atoms with Crippen molar-refractivity contribution in [2.24, 2.45) is 0 Å². The number of amides is 1. The van der Waals surface area contributed by atoms with E-state index in [2.05, 4.69) is 51.3 Å². The zero-order chi connectivity index (χ0) is 20.1. The van der Waals surface area contributed by atoms with Crippen molar-refractivity contribution < 1.29 is 4.79 Å². The van der Waals surface area contributed by atoms with Crippen molar-refractivity contribution in [3.8, 4) is 9.88 Å². The lowest BCUT2D eigenvalue weighted by molar-refractivity contribution is 0.0955. The number of piperazine rings is 1. The molecule has 1 aromatic carbocycles. The van der Waals surface area contributed by atoms with Gasteiger partial charge in [-0.1, -0.05) is 18.2 Å². The minimum Gasteiger partial charge on any atom is -0.369 e. The molecule has 0 spiro atoms. The lowest BCUT2D eigenvalue weighted by Gasteiger charge is -2.36. The van der Waals surface area contributed by atoms with E-state index in [4.69, 9.17) is 0 Å². The summed E-state index contributed by atoms with van der Waals surface area (Å²) in [5, 5.41) is 5.97. The molecule has 1 fully saturated rings. The molecule has 2 aromatic heterocycles. The maximum Gasteiger partial charge on any atom is 0.263 e. The van der Waals surface area contributed by atoms with Crippen LogP contribution in [0.2, 0.25) is 0 Å². The summed E-state index contributed by atoms with van der Waals surface area (Å²) in [5.41, 5.74) is 2.63. The third-order valence-corrected chi connectivity index (χ3v) is 7.17. The van der Waals surface area contributed by atoms with Gasteiger partial charge in [0.15, 0.2) is 0 Å². The zero-order valence-electron chi connectivity index (χ0n) is 16.6. The van der Waals surface area contributed by atoms with Gasteiger partial charge in [-0.15, -0.1) is 22.7 Å². The maximum absolute atomic E-state index is 12.3. The molecule has 0 bridgehead atoms. The molecule has 0 saturated carbocycles. The van der Waals surface area contributed by atoms with E-state index in [9.17, 15) is 4.79 Å². The van der Waals surface area contributed by atoms with Gasteiger partial charge >= 0.3 is 0 Å². The number of aromatic nitrogens is 1. The molecule has 1 aliphatic heterocycles. The predicted octanol–water partition coefficient (Wildman–Crippen LogP) is 4.12. The summed E-state index contributed by atoms with van der Waals surface area (Å²) in [4.78, 5) is 23.5. The summed E-state index contributed by atoms with van der Waals surface area (Å²) >= 11 is 3.10. The van der Waals surface area contributed by atoms with Crippen LogP contribution in [0.15, 0.2) is 48.0 Å². The molecular weight excluding hydrogens is 400 g/mol. The van der Waals surface area contributed by atoms with E-state index in [0.29, 0.717) is 11.4 Å². The van der Waals surface area contributed by atoms with Crippen LogP contribution in [-0.2, 0) is 0 Å². The number of carbonyl (C=O) groups is 1. The minimum atomic E-state index is -0.0189. The molecule has 0 radical (unpaired) electrons. The largest absolute Gasteiger partial charge is 0.369 e. The van der Waals surface area contributed by atoms with Gasteiger partial charge in [-0.2, -0.15) is 0 Å². The predicted molar refractivity (Wildman–Crippen MR) is 122 cm³/mol. The van der Waals surface area contributed by atoms with E-state index < -0.39 is 0 Å². The molecular formula is C22H26N4OS2. The van der Waals surface area contributed by atoms with Crippen molar-refractivity contribution in [1.29, 1.82) is 0 Å². The van der Waals surface area contributed by atoms with Crippen LogP contribution >= 0.6 is 22.7 Å². The van der Waals surface area contributed by atoms with E-state index in [1.165, 1.54) is 22.6 Å². The minimum absolute atomic E-state index is 0.0189. The third kappa shape index (κ3) is 5.23. The average molecular weight is 427 g/mol. The van der Waals surface area contributed by atoms with E-state index in [1.54, 1.807) is 17.5 Å². The third-order valence-electron chi connectivity index (χ3n) is 5.14. The van der Waals surface area contributed by atoms with Gasteiger partial charge in [0, 0.05) is 38.4 Å². The number of rotatable bonds is 7. The standard InChI is InChI=1S/C22H26N4OS2/c1-17-5-2-6-18(15-17)26-12-10-25(11-13-26)9-4-8-23-21(27)20-16-24-22(29-20)19-7-3-14-28-19/h2-3,5-7,14-16H,4,8-13H2,1H3,(H,23,27). The van der Waals surface area contributed by atoms with E-state index in [-0.39, 0.29) is 5.91 Å². The Morgan fingerprint density at radius 3 is 2.79 bits per heavy atom. The van der Waals surface area contributed by atoms with Crippen LogP contribution in [0.1, 0.15) is 21.7 Å². The lowest BCUT2D eigenvalue weighted by Crippen LogP contribution is -2.47. The maximum atomic E-state index is 12.3. The first-order valence-corrected chi connectivity index (χ1v) is 11.7. The first kappa shape index (κ1) is 20.1. The molecule has 0 aliphatic carbocycles. The van der Waals surface area contributed by atoms with Crippen LogP contribution < -0.4 is 10.2 Å². The summed E-state index contributed by atoms with van der Waals surface area (Å²) in [7, 11) is 0. The molecule has 0 atom stereocenters. The van der Waals surface area contributed by atoms with Crippen LogP contribution in [0, 0.1) is 6.92 Å². The Morgan fingerprint density at radius 2 is 2.03 bits per heavy atom. The molecule has 4 rings (SSSR count). The van der Waals surface area contributed by atoms with Gasteiger partial charge in [0.25, 0.3) is 5.91 Å². The Labute approximate surface area is 180 Å². The fourth-order valence-corrected chi connectivity index (χ4v) is 5.18. The summed E-state index contributed by atoms with van der Waals surface area (Å²) in [5.74, 6) is -0.0189. The highest BCUT2D eigenvalue weighted by atomic mass is 32.1. The number of nitrogens with one attached hydrogen (secondary N) is 1. The summed E-state index contributed by atoms with van der Waals surface area (Å²) in [6, 6.07) is 12.8. The number of anilines is 1. The quantitative estimate of drug-likeness (QED) is 0.578. The van der Waals surface area contributed by atoms with Gasteiger partial charge in [0.1, 0.15) is 9.88 Å². The smallest absolute Gasteiger partial charge is 0.263 e. The van der Waals surface area contributed by atoms with Crippen molar-refractivity contribution in [3.05, 3.63) is 58.4 Å². The number of carbonyl (C=O) groups excluding carboxylic acids is 1. The van der Waals surface area contributed by atoms with Gasteiger partial charge in [-0.3, -0.25) is 9.69 Å². The van der Waals surface area contributed by atoms with Crippen molar-refractivity contribution in [1.82, 2.24) is 15.2 Å². The fraction of sp³-hybridized carbons (Fsp3) is 0.364. The highest BCUT2D eigenvalue weighted by Crippen LogP contribution is 2.28. The average Bonchev–Trinajstić information content (AvgIpc) is 3.43. The second-order valence-corrected chi connectivity index (χ2v) is 9.26. The van der Waals surface area contributed by atoms with E-state index in [0.717, 1.165) is 49.0 Å². The molecule has 0 unspecified atom stereocenters. The number of aryl methyl sites for hydroxylation is 1. The molecule has 1 amide bonds. The SMILES string of the molecule is Cc1cccc(N2CCN(CCCNC(=O)c3cnc(-c4cccs4)s3)CC2)c1. The number of hydrogen-bond donors (Lipinski definition) is 1. The highest BCUT2D eigenvalue weighted by molar-refractivity contribution is 7.21. The first-order chi connectivity index (χ1) is 14.2. The summed E-state index contributed by atoms with van der Waals surface area (Å²) < 4.78 is 0. The second-order valence-electron chi connectivity index (χ2n) is 7.28. The normalized spacial score (nSPS) is 14.9. The van der Waals surface area contributed by atoms with Crippen LogP contribution in [0.4, 0.5) is 5.69 Å². The van der Waals surface area contributed by atoms with Crippen LogP contribution in [0.25, 0.3) is 9.88 Å². The number of thiophene rings is 1. The van der Waals surface area contributed by atoms with Crippen LogP contribution in [-0.4, -0.2) is 55.1 Å². The Bertz CT molecular complexity index is 930. The fourth-order valence-electron chi connectivity index (χ4n) is 3.54. The molecule has 1 N–H and O–H groups in total. The lowest BCUT2D eigenvalue weighted by atomic mass is 10.2.